The van der Waals surface area contributed by atoms with Crippen LogP contribution in [0.2, 0.25) is 0 Å². The van der Waals surface area contributed by atoms with Crippen molar-refractivity contribution >= 4 is 11.7 Å². The van der Waals surface area contributed by atoms with Crippen LogP contribution in [0.1, 0.15) is 60.6 Å². The van der Waals surface area contributed by atoms with Gasteiger partial charge in [-0.25, -0.2) is 4.79 Å². The Morgan fingerprint density at radius 3 is 2.19 bits per heavy atom. The number of likely N-dealkylation sites (tertiary alicyclic amines) is 1. The first-order valence-electron chi connectivity index (χ1n) is 12.6. The van der Waals surface area contributed by atoms with E-state index >= 15 is 0 Å². The van der Waals surface area contributed by atoms with Crippen molar-refractivity contribution in [2.45, 2.75) is 50.7 Å². The summed E-state index contributed by atoms with van der Waals surface area (Å²) in [5.41, 5.74) is 1.28. The number of methoxy groups -OCH3 is 3. The van der Waals surface area contributed by atoms with Crippen LogP contribution in [-0.2, 0) is 4.79 Å². The topological polar surface area (TPSA) is 102 Å². The van der Waals surface area contributed by atoms with Crippen LogP contribution >= 0.6 is 0 Å². The molecule has 0 aromatic heterocycles. The molecule has 1 amide bonds. The van der Waals surface area contributed by atoms with Crippen LogP contribution in [0.25, 0.3) is 0 Å². The van der Waals surface area contributed by atoms with E-state index in [2.05, 4.69) is 4.90 Å². The lowest BCUT2D eigenvalue weighted by Gasteiger charge is -2.26. The molecule has 0 aliphatic carbocycles. The molecule has 2 aromatic carbocycles. The zero-order chi connectivity index (χ0) is 25.9. The summed E-state index contributed by atoms with van der Waals surface area (Å²) in [6.07, 6.45) is 3.37. The van der Waals surface area contributed by atoms with Gasteiger partial charge in [-0.3, -0.25) is 15.0 Å². The fourth-order valence-electron chi connectivity index (χ4n) is 4.63. The highest BCUT2D eigenvalue weighted by atomic mass is 16.5. The van der Waals surface area contributed by atoms with E-state index in [4.69, 9.17) is 14.2 Å². The molecule has 0 unspecified atom stereocenters. The Bertz CT molecular complexity index is 988. The molecule has 196 valence electrons. The van der Waals surface area contributed by atoms with Gasteiger partial charge in [-0.2, -0.15) is 0 Å². The Morgan fingerprint density at radius 1 is 0.917 bits per heavy atom. The standard InChI is InChI=1S/C28H38N2O6/c1-34-21-12-10-20(11-13-21)25(31)8-4-5-9-27(32)29-24(19-30-16-6-7-17-30)28(33)23-15-14-22(35-2)18-26(23)36-3/h10-15,18,24,28,33H,4-9,16-17,19H2,1-3H3,(H,29,32)/p+1/t24-,28-/m1/s1. The first-order chi connectivity index (χ1) is 17.4. The third kappa shape index (κ3) is 7.78. The smallest absolute Gasteiger partial charge is 0.310 e. The number of primary amides is 1. The fraction of sp³-hybridized carbons (Fsp3) is 0.500. The van der Waals surface area contributed by atoms with Gasteiger partial charge in [0.05, 0.1) is 34.3 Å². The number of hydrogen-bond acceptors (Lipinski definition) is 7. The number of quaternary nitrogens is 1. The predicted octanol–water partition coefficient (Wildman–Crippen LogP) is 2.74. The van der Waals surface area contributed by atoms with Crippen molar-refractivity contribution in [1.29, 1.82) is 0 Å². The zero-order valence-corrected chi connectivity index (χ0v) is 21.6. The SMILES string of the molecule is COc1ccc(C(=O)CCCCC(=O)[NH2+][C@H](CN2CCCC2)[C@H](O)c2ccc(OC)cc2OC)cc1. The number of rotatable bonds is 14. The van der Waals surface area contributed by atoms with Gasteiger partial charge in [-0.1, -0.05) is 0 Å². The molecule has 1 fully saturated rings. The van der Waals surface area contributed by atoms with Crippen molar-refractivity contribution in [3.05, 3.63) is 53.6 Å². The third-order valence-electron chi connectivity index (χ3n) is 6.72. The third-order valence-corrected chi connectivity index (χ3v) is 6.72. The van der Waals surface area contributed by atoms with Gasteiger partial charge in [-0.05, 0) is 75.2 Å². The second kappa shape index (κ2) is 14.0. The number of carbonyl (C=O) groups is 2. The average molecular weight is 500 g/mol. The minimum atomic E-state index is -0.882. The number of hydrogen-bond donors (Lipinski definition) is 2. The van der Waals surface area contributed by atoms with Crippen LogP contribution in [0, 0.1) is 0 Å². The molecule has 1 saturated heterocycles. The van der Waals surface area contributed by atoms with Gasteiger partial charge >= 0.3 is 5.91 Å². The number of benzene rings is 2. The highest BCUT2D eigenvalue weighted by molar-refractivity contribution is 5.96. The monoisotopic (exact) mass is 499 g/mol. The summed E-state index contributed by atoms with van der Waals surface area (Å²) < 4.78 is 15.9. The second-order valence-electron chi connectivity index (χ2n) is 9.22. The maximum absolute atomic E-state index is 12.9. The Labute approximate surface area is 213 Å². The molecule has 2 aromatic rings. The van der Waals surface area contributed by atoms with E-state index in [1.54, 1.807) is 69.1 Å². The molecule has 1 heterocycles. The van der Waals surface area contributed by atoms with Crippen molar-refractivity contribution in [2.75, 3.05) is 41.0 Å². The van der Waals surface area contributed by atoms with Gasteiger partial charge < -0.3 is 19.3 Å². The number of nitrogens with zero attached hydrogens (tertiary/aromatic N) is 1. The van der Waals surface area contributed by atoms with Crippen molar-refractivity contribution < 1.29 is 34.2 Å². The number of Topliss-reactive ketones (excluding diaryl/α,β-unsaturated/α-hetero) is 1. The van der Waals surface area contributed by atoms with E-state index in [-0.39, 0.29) is 17.7 Å². The molecule has 3 N–H and O–H groups in total. The fourth-order valence-corrected chi connectivity index (χ4v) is 4.63. The Balaban J connectivity index is 1.56. The van der Waals surface area contributed by atoms with E-state index in [1.807, 2.05) is 0 Å². The molecule has 0 radical (unpaired) electrons. The first kappa shape index (κ1) is 27.6. The lowest BCUT2D eigenvalue weighted by atomic mass is 9.99. The maximum Gasteiger partial charge on any atom is 0.310 e. The molecule has 0 spiro atoms. The van der Waals surface area contributed by atoms with Crippen LogP contribution in [0.4, 0.5) is 0 Å². The van der Waals surface area contributed by atoms with Crippen LogP contribution < -0.4 is 19.5 Å². The lowest BCUT2D eigenvalue weighted by Crippen LogP contribution is -2.95. The average Bonchev–Trinajstić information content (AvgIpc) is 3.43. The van der Waals surface area contributed by atoms with Crippen LogP contribution in [0.3, 0.4) is 0 Å². The van der Waals surface area contributed by atoms with Crippen LogP contribution in [0.5, 0.6) is 17.2 Å². The Hall–Kier alpha value is -2.94. The van der Waals surface area contributed by atoms with Crippen molar-refractivity contribution in [3.63, 3.8) is 0 Å². The molecule has 8 nitrogen and oxygen atoms in total. The van der Waals surface area contributed by atoms with Gasteiger partial charge in [0.25, 0.3) is 0 Å². The molecule has 2 atom stereocenters. The van der Waals surface area contributed by atoms with Gasteiger partial charge in [0.15, 0.2) is 5.78 Å². The summed E-state index contributed by atoms with van der Waals surface area (Å²) in [4.78, 5) is 27.6. The van der Waals surface area contributed by atoms with Crippen molar-refractivity contribution in [3.8, 4) is 17.2 Å². The van der Waals surface area contributed by atoms with E-state index in [0.29, 0.717) is 60.6 Å². The molecular formula is C28H39N2O6+. The number of nitrogens with two attached hydrogens (primary N) is 1. The summed E-state index contributed by atoms with van der Waals surface area (Å²) in [5, 5.41) is 13.0. The summed E-state index contributed by atoms with van der Waals surface area (Å²) in [5.74, 6) is 1.94. The Morgan fingerprint density at radius 2 is 1.56 bits per heavy atom. The highest BCUT2D eigenvalue weighted by Gasteiger charge is 2.32. The molecule has 36 heavy (non-hydrogen) atoms. The lowest BCUT2D eigenvalue weighted by molar-refractivity contribution is -0.616. The number of ether oxygens (including phenoxy) is 3. The number of aliphatic hydroxyl groups excluding tert-OH is 1. The van der Waals surface area contributed by atoms with Gasteiger partial charge in [0, 0.05) is 23.6 Å². The summed E-state index contributed by atoms with van der Waals surface area (Å²) in [6.45, 7) is 2.55. The predicted molar refractivity (Wildman–Crippen MR) is 137 cm³/mol. The number of ketones is 1. The van der Waals surface area contributed by atoms with Gasteiger partial charge in [-0.15, -0.1) is 0 Å². The molecule has 1 aliphatic heterocycles. The second-order valence-corrected chi connectivity index (χ2v) is 9.22. The zero-order valence-electron chi connectivity index (χ0n) is 21.6. The largest absolute Gasteiger partial charge is 0.497 e. The number of carbonyl (C=O) groups excluding carboxylic acids is 2. The van der Waals surface area contributed by atoms with Gasteiger partial charge in [0.2, 0.25) is 0 Å². The molecule has 8 heteroatoms. The molecule has 3 rings (SSSR count). The van der Waals surface area contributed by atoms with Gasteiger partial charge in [0.1, 0.15) is 29.4 Å². The van der Waals surface area contributed by atoms with Crippen LogP contribution in [-0.4, -0.2) is 68.7 Å². The van der Waals surface area contributed by atoms with Crippen LogP contribution in [0.15, 0.2) is 42.5 Å². The summed E-state index contributed by atoms with van der Waals surface area (Å²) in [7, 11) is 4.73. The van der Waals surface area contributed by atoms with Crippen molar-refractivity contribution in [2.24, 2.45) is 0 Å². The van der Waals surface area contributed by atoms with E-state index in [9.17, 15) is 14.7 Å². The highest BCUT2D eigenvalue weighted by Crippen LogP contribution is 2.31. The number of amides is 1. The normalized spacial score (nSPS) is 15.3. The first-order valence-corrected chi connectivity index (χ1v) is 12.6. The Kier molecular flexibility index (Phi) is 10.7. The molecule has 0 bridgehead atoms. The van der Waals surface area contributed by atoms with Crippen molar-refractivity contribution in [1.82, 2.24) is 4.90 Å². The minimum Gasteiger partial charge on any atom is -0.497 e. The number of unbranched alkanes of at least 4 members (excludes halogenated alkanes) is 1. The minimum absolute atomic E-state index is 0.0115. The van der Waals surface area contributed by atoms with E-state index < -0.39 is 6.10 Å². The summed E-state index contributed by atoms with van der Waals surface area (Å²) >= 11 is 0. The maximum atomic E-state index is 12.9. The quantitative estimate of drug-likeness (QED) is 0.304. The number of aliphatic hydroxyl groups is 1. The molecular weight excluding hydrogens is 460 g/mol. The molecule has 1 aliphatic rings. The summed E-state index contributed by atoms with van der Waals surface area (Å²) in [6, 6.07) is 12.0. The van der Waals surface area contributed by atoms with E-state index in [0.717, 1.165) is 25.9 Å². The van der Waals surface area contributed by atoms with E-state index in [1.165, 1.54) is 0 Å². The molecule has 0 saturated carbocycles.